The minimum absolute atomic E-state index is 0. The first-order valence-electron chi connectivity index (χ1n) is 2.55. The number of hydrogen-bond donors (Lipinski definition) is 1. The van der Waals surface area contributed by atoms with Crippen LogP contribution < -0.4 is 0 Å². The van der Waals surface area contributed by atoms with E-state index >= 15 is 0 Å². The molecule has 9 heavy (non-hydrogen) atoms. The fourth-order valence-corrected chi connectivity index (χ4v) is 0. The molecule has 0 aliphatic carbocycles. The highest BCUT2D eigenvalue weighted by atomic mass is 31.2. The lowest BCUT2D eigenvalue weighted by atomic mass is 10.3. The Labute approximate surface area is 57.7 Å². The quantitative estimate of drug-likeness (QED) is 0.541. The van der Waals surface area contributed by atoms with Crippen LogP contribution in [0.3, 0.4) is 0 Å². The van der Waals surface area contributed by atoms with Gasteiger partial charge in [-0.3, -0.25) is 4.57 Å². The highest BCUT2D eigenvalue weighted by Gasteiger charge is 2.28. The van der Waals surface area contributed by atoms with Crippen LogP contribution in [0.5, 0.6) is 0 Å². The topological polar surface area (TPSA) is 37.3 Å². The first-order chi connectivity index (χ1) is 3.25. The second-order valence-corrected chi connectivity index (χ2v) is 6.15. The van der Waals surface area contributed by atoms with Gasteiger partial charge in [0.15, 0.2) is 0 Å². The van der Waals surface area contributed by atoms with Gasteiger partial charge in [-0.25, -0.2) is 0 Å². The average Bonchev–Trinajstić information content (AvgIpc) is 1.25. The Morgan fingerprint density at radius 3 is 1.44 bits per heavy atom. The number of rotatable bonds is 0. The summed E-state index contributed by atoms with van der Waals surface area (Å²) in [6.07, 6.45) is 0. The summed E-state index contributed by atoms with van der Waals surface area (Å²) in [5, 5.41) is -0.451. The molecule has 0 aliphatic heterocycles. The van der Waals surface area contributed by atoms with E-state index in [4.69, 9.17) is 4.89 Å². The highest BCUT2D eigenvalue weighted by molar-refractivity contribution is 7.58. The molecule has 0 aliphatic rings. The lowest BCUT2D eigenvalue weighted by Gasteiger charge is -2.21. The van der Waals surface area contributed by atoms with Crippen molar-refractivity contribution in [3.8, 4) is 0 Å². The number of hydrogen-bond acceptors (Lipinski definition) is 1. The Balaban J connectivity index is 0. The van der Waals surface area contributed by atoms with Gasteiger partial charge in [-0.1, -0.05) is 28.2 Å². The molecular weight excluding hydrogens is 135 g/mol. The summed E-state index contributed by atoms with van der Waals surface area (Å²) in [6, 6.07) is 0. The molecule has 3 heteroatoms. The van der Waals surface area contributed by atoms with Crippen LogP contribution in [0.4, 0.5) is 0 Å². The van der Waals surface area contributed by atoms with E-state index in [1.54, 1.807) is 20.8 Å². The standard InChI is InChI=1S/C5H13O2P.CH4/c1-5(2,3)8(4,6)7;/h1-4H3,(H,6,7);1H4. The molecule has 1 N–H and O–H groups in total. The molecule has 0 radical (unpaired) electrons. The first-order valence-corrected chi connectivity index (χ1v) is 4.66. The highest BCUT2D eigenvalue weighted by Crippen LogP contribution is 2.49. The van der Waals surface area contributed by atoms with Crippen molar-refractivity contribution in [3.63, 3.8) is 0 Å². The van der Waals surface area contributed by atoms with Crippen molar-refractivity contribution < 1.29 is 9.46 Å². The van der Waals surface area contributed by atoms with E-state index in [9.17, 15) is 4.57 Å². The fraction of sp³-hybridized carbons (Fsp3) is 1.00. The molecule has 0 saturated heterocycles. The Morgan fingerprint density at radius 2 is 1.44 bits per heavy atom. The van der Waals surface area contributed by atoms with Crippen LogP contribution in [0.2, 0.25) is 0 Å². The van der Waals surface area contributed by atoms with Crippen LogP contribution in [0.15, 0.2) is 0 Å². The van der Waals surface area contributed by atoms with E-state index < -0.39 is 12.5 Å². The van der Waals surface area contributed by atoms with Crippen LogP contribution in [0.1, 0.15) is 28.2 Å². The van der Waals surface area contributed by atoms with Crippen molar-refractivity contribution in [3.05, 3.63) is 0 Å². The molecule has 0 bridgehead atoms. The molecule has 0 rings (SSSR count). The summed E-state index contributed by atoms with van der Waals surface area (Å²) in [6.45, 7) is 6.66. The summed E-state index contributed by atoms with van der Waals surface area (Å²) in [5.74, 6) is 0. The molecule has 0 aromatic carbocycles. The van der Waals surface area contributed by atoms with Crippen molar-refractivity contribution in [2.45, 2.75) is 33.4 Å². The van der Waals surface area contributed by atoms with Gasteiger partial charge in [0.2, 0.25) is 7.37 Å². The van der Waals surface area contributed by atoms with Gasteiger partial charge in [-0.05, 0) is 0 Å². The van der Waals surface area contributed by atoms with Gasteiger partial charge in [0.1, 0.15) is 0 Å². The van der Waals surface area contributed by atoms with Crippen LogP contribution in [0.25, 0.3) is 0 Å². The summed E-state index contributed by atoms with van der Waals surface area (Å²) < 4.78 is 10.8. The summed E-state index contributed by atoms with van der Waals surface area (Å²) >= 11 is 0. The summed E-state index contributed by atoms with van der Waals surface area (Å²) in [4.78, 5) is 8.91. The van der Waals surface area contributed by atoms with E-state index in [0.717, 1.165) is 0 Å². The molecule has 1 unspecified atom stereocenters. The Morgan fingerprint density at radius 1 is 1.33 bits per heavy atom. The first kappa shape index (κ1) is 11.9. The predicted octanol–water partition coefficient (Wildman–Crippen LogP) is 2.32. The van der Waals surface area contributed by atoms with Crippen molar-refractivity contribution in [2.24, 2.45) is 0 Å². The second kappa shape index (κ2) is 2.85. The summed E-state index contributed by atoms with van der Waals surface area (Å²) in [7, 11) is -2.85. The molecular formula is C6H17O2P. The Hall–Kier alpha value is 0.190. The van der Waals surface area contributed by atoms with Gasteiger partial charge in [0.25, 0.3) is 0 Å². The van der Waals surface area contributed by atoms with Crippen molar-refractivity contribution >= 4 is 7.37 Å². The monoisotopic (exact) mass is 152 g/mol. The average molecular weight is 152 g/mol. The van der Waals surface area contributed by atoms with Crippen molar-refractivity contribution in [2.75, 3.05) is 6.66 Å². The molecule has 58 valence electrons. The minimum Gasteiger partial charge on any atom is -0.344 e. The van der Waals surface area contributed by atoms with Gasteiger partial charge in [-0.15, -0.1) is 0 Å². The summed E-state index contributed by atoms with van der Waals surface area (Å²) in [5.41, 5.74) is 0. The smallest absolute Gasteiger partial charge is 0.202 e. The second-order valence-electron chi connectivity index (χ2n) is 3.05. The fourth-order valence-electron chi connectivity index (χ4n) is 0. The maximum atomic E-state index is 10.8. The lowest BCUT2D eigenvalue weighted by molar-refractivity contribution is 0.452. The largest absolute Gasteiger partial charge is 0.344 e. The van der Waals surface area contributed by atoms with Crippen LogP contribution in [-0.4, -0.2) is 16.7 Å². The Kier molecular flexibility index (Phi) is 3.78. The molecule has 1 atom stereocenters. The van der Waals surface area contributed by atoms with Crippen LogP contribution in [0, 0.1) is 0 Å². The third-order valence-electron chi connectivity index (χ3n) is 1.24. The maximum absolute atomic E-state index is 10.8. The SMILES string of the molecule is C.CC(C)(C)P(C)(=O)O. The van der Waals surface area contributed by atoms with E-state index in [1.807, 2.05) is 0 Å². The zero-order valence-corrected chi connectivity index (χ0v) is 6.70. The van der Waals surface area contributed by atoms with E-state index in [2.05, 4.69) is 0 Å². The third-order valence-corrected chi connectivity index (χ3v) is 3.73. The van der Waals surface area contributed by atoms with Crippen LogP contribution >= 0.6 is 7.37 Å². The molecule has 0 fully saturated rings. The van der Waals surface area contributed by atoms with E-state index in [-0.39, 0.29) is 7.43 Å². The molecule has 0 amide bonds. The maximum Gasteiger partial charge on any atom is 0.202 e. The predicted molar refractivity (Wildman–Crippen MR) is 42.2 cm³/mol. The minimum atomic E-state index is -2.85. The molecule has 0 heterocycles. The van der Waals surface area contributed by atoms with Gasteiger partial charge in [0, 0.05) is 11.8 Å². The van der Waals surface area contributed by atoms with E-state index in [0.29, 0.717) is 0 Å². The molecule has 0 aromatic heterocycles. The molecule has 0 aromatic rings. The lowest BCUT2D eigenvalue weighted by Crippen LogP contribution is -2.12. The normalized spacial score (nSPS) is 17.9. The molecule has 0 saturated carbocycles. The van der Waals surface area contributed by atoms with E-state index in [1.165, 1.54) is 6.66 Å². The van der Waals surface area contributed by atoms with Gasteiger partial charge >= 0.3 is 0 Å². The van der Waals surface area contributed by atoms with Crippen molar-refractivity contribution in [1.29, 1.82) is 0 Å². The molecule has 2 nitrogen and oxygen atoms in total. The Bertz CT molecular complexity index is 118. The van der Waals surface area contributed by atoms with Gasteiger partial charge in [0.05, 0.1) is 0 Å². The zero-order chi connectivity index (χ0) is 7.00. The molecule has 0 spiro atoms. The van der Waals surface area contributed by atoms with Crippen molar-refractivity contribution in [1.82, 2.24) is 0 Å². The zero-order valence-electron chi connectivity index (χ0n) is 5.80. The van der Waals surface area contributed by atoms with Crippen LogP contribution in [-0.2, 0) is 4.57 Å². The van der Waals surface area contributed by atoms with Gasteiger partial charge < -0.3 is 4.89 Å². The third kappa shape index (κ3) is 3.72. The van der Waals surface area contributed by atoms with Gasteiger partial charge in [-0.2, -0.15) is 0 Å².